The van der Waals surface area contributed by atoms with E-state index in [-0.39, 0.29) is 222 Å². The van der Waals surface area contributed by atoms with Gasteiger partial charge in [0.1, 0.15) is 0 Å². The standard InChI is InChI=1S/C14H8O8.4K.4H/c15-11(16)5-1-7-8(10(3-5)14(21)22)2-6(12(17)18)4-9(7)13(19)20;;;;;;;;/h1-4H,(H,15,16)(H,17,18)(H,19,20)(H,21,22);;;;;;;;/q;4*+1;4*-1. The van der Waals surface area contributed by atoms with Crippen LogP contribution in [0.15, 0.2) is 24.3 Å². The van der Waals surface area contributed by atoms with Crippen molar-refractivity contribution in [2.24, 2.45) is 0 Å². The van der Waals surface area contributed by atoms with E-state index in [2.05, 4.69) is 0 Å². The first-order valence-electron chi connectivity index (χ1n) is 5.77. The number of fused-ring (bicyclic) bond motifs is 1. The van der Waals surface area contributed by atoms with Crippen LogP contribution in [0.3, 0.4) is 0 Å². The van der Waals surface area contributed by atoms with Crippen molar-refractivity contribution in [2.45, 2.75) is 0 Å². The topological polar surface area (TPSA) is 149 Å². The third-order valence-electron chi connectivity index (χ3n) is 3.02. The van der Waals surface area contributed by atoms with Crippen LogP contribution in [0.5, 0.6) is 0 Å². The first kappa shape index (κ1) is 33.8. The van der Waals surface area contributed by atoms with E-state index >= 15 is 0 Å². The van der Waals surface area contributed by atoms with Gasteiger partial charge >= 0.3 is 229 Å². The molecule has 2 rings (SSSR count). The van der Waals surface area contributed by atoms with Crippen molar-refractivity contribution in [3.05, 3.63) is 46.5 Å². The third-order valence-corrected chi connectivity index (χ3v) is 3.02. The maximum atomic E-state index is 11.3. The summed E-state index contributed by atoms with van der Waals surface area (Å²) >= 11 is 0. The molecule has 0 radical (unpaired) electrons. The summed E-state index contributed by atoms with van der Waals surface area (Å²) in [7, 11) is 0. The second-order valence-corrected chi connectivity index (χ2v) is 4.36. The minimum Gasteiger partial charge on any atom is -1.00 e. The van der Waals surface area contributed by atoms with Gasteiger partial charge in [0.2, 0.25) is 0 Å². The third kappa shape index (κ3) is 8.34. The number of carbonyl (C=O) groups is 4. The van der Waals surface area contributed by atoms with Gasteiger partial charge in [0.15, 0.2) is 0 Å². The molecule has 0 bridgehead atoms. The van der Waals surface area contributed by atoms with Crippen LogP contribution in [0, 0.1) is 0 Å². The van der Waals surface area contributed by atoms with E-state index < -0.39 is 46.1 Å². The van der Waals surface area contributed by atoms with E-state index in [0.29, 0.717) is 0 Å². The van der Waals surface area contributed by atoms with Crippen molar-refractivity contribution < 1.29 is 251 Å². The summed E-state index contributed by atoms with van der Waals surface area (Å²) < 4.78 is 0. The molecule has 0 unspecified atom stereocenters. The summed E-state index contributed by atoms with van der Waals surface area (Å²) in [5.41, 5.74) is -1.79. The molecule has 0 saturated carbocycles. The molecule has 0 spiro atoms. The molecule has 12 heteroatoms. The fourth-order valence-corrected chi connectivity index (χ4v) is 2.06. The first-order valence-corrected chi connectivity index (χ1v) is 5.77. The van der Waals surface area contributed by atoms with Crippen molar-refractivity contribution in [3.8, 4) is 0 Å². The van der Waals surface area contributed by atoms with Gasteiger partial charge < -0.3 is 26.1 Å². The summed E-state index contributed by atoms with van der Waals surface area (Å²) in [5, 5.41) is 36.0. The number of rotatable bonds is 4. The fourth-order valence-electron chi connectivity index (χ4n) is 2.06. The number of hydrogen-bond donors (Lipinski definition) is 4. The zero-order chi connectivity index (χ0) is 16.6. The van der Waals surface area contributed by atoms with Crippen LogP contribution in [0.1, 0.15) is 47.1 Å². The molecular formula is C14H12K4O8. The Kier molecular flexibility index (Phi) is 19.5. The van der Waals surface area contributed by atoms with Gasteiger partial charge in [-0.05, 0) is 35.0 Å². The predicted molar refractivity (Wildman–Crippen MR) is 76.2 cm³/mol. The molecule has 2 aromatic rings. The molecule has 26 heavy (non-hydrogen) atoms. The summed E-state index contributed by atoms with van der Waals surface area (Å²) in [6.45, 7) is 0. The SMILES string of the molecule is O=C(O)c1cc(C(=O)O)c2cc(C(=O)O)cc(C(=O)O)c2c1.[H-].[H-].[H-].[H-].[K+].[K+].[K+].[K+]. The first-order chi connectivity index (χ1) is 10.2. The summed E-state index contributed by atoms with van der Waals surface area (Å²) in [4.78, 5) is 44.6. The molecule has 0 heterocycles. The van der Waals surface area contributed by atoms with Crippen LogP contribution < -0.4 is 206 Å². The van der Waals surface area contributed by atoms with Crippen LogP contribution in [0.25, 0.3) is 10.8 Å². The van der Waals surface area contributed by atoms with E-state index in [4.69, 9.17) is 20.4 Å². The van der Waals surface area contributed by atoms with E-state index in [0.717, 1.165) is 24.3 Å². The van der Waals surface area contributed by atoms with E-state index in [1.807, 2.05) is 0 Å². The minimum absolute atomic E-state index is 0. The van der Waals surface area contributed by atoms with Crippen molar-refractivity contribution in [2.75, 3.05) is 0 Å². The van der Waals surface area contributed by atoms with Crippen molar-refractivity contribution in [1.29, 1.82) is 0 Å². The predicted octanol–water partition coefficient (Wildman–Crippen LogP) is -9.90. The van der Waals surface area contributed by atoms with Crippen LogP contribution in [-0.4, -0.2) is 44.3 Å². The van der Waals surface area contributed by atoms with Crippen LogP contribution in [0.2, 0.25) is 0 Å². The largest absolute Gasteiger partial charge is 1.00 e. The quantitative estimate of drug-likeness (QED) is 0.326. The van der Waals surface area contributed by atoms with Gasteiger partial charge in [-0.2, -0.15) is 0 Å². The van der Waals surface area contributed by atoms with E-state index in [1.54, 1.807) is 0 Å². The Hall–Kier alpha value is 3.13. The van der Waals surface area contributed by atoms with E-state index in [1.165, 1.54) is 0 Å². The number of benzene rings is 2. The second kappa shape index (κ2) is 15.0. The molecule has 0 aliphatic rings. The van der Waals surface area contributed by atoms with Gasteiger partial charge in [0.05, 0.1) is 22.3 Å². The molecule has 4 N–H and O–H groups in total. The summed E-state index contributed by atoms with van der Waals surface area (Å²) in [6.07, 6.45) is 0. The Balaban J connectivity index is -0.000000132. The van der Waals surface area contributed by atoms with Gasteiger partial charge in [-0.15, -0.1) is 0 Å². The maximum absolute atomic E-state index is 11.3. The Bertz CT molecular complexity index is 811. The molecule has 120 valence electrons. The minimum atomic E-state index is -1.49. The smallest absolute Gasteiger partial charge is 1.00 e. The Morgan fingerprint density at radius 3 is 1.00 bits per heavy atom. The second-order valence-electron chi connectivity index (χ2n) is 4.36. The van der Waals surface area contributed by atoms with Crippen LogP contribution in [-0.2, 0) is 0 Å². The number of aromatic carboxylic acids is 4. The zero-order valence-corrected chi connectivity index (χ0v) is 27.2. The molecule has 0 aromatic heterocycles. The summed E-state index contributed by atoms with van der Waals surface area (Å²) in [5.74, 6) is -5.84. The van der Waals surface area contributed by atoms with Gasteiger partial charge in [0.25, 0.3) is 0 Å². The number of carboxylic acid groups (broad SMARTS) is 4. The van der Waals surface area contributed by atoms with Gasteiger partial charge in [0, 0.05) is 0 Å². The Labute approximate surface area is 323 Å². The monoisotopic (exact) mass is 464 g/mol. The van der Waals surface area contributed by atoms with Crippen molar-refractivity contribution >= 4 is 34.6 Å². The van der Waals surface area contributed by atoms with Gasteiger partial charge in [-0.3, -0.25) is 0 Å². The normalized spacial score (nSPS) is 8.77. The molecular weight excluding hydrogens is 453 g/mol. The molecule has 0 saturated heterocycles. The molecule has 0 fully saturated rings. The van der Waals surface area contributed by atoms with Crippen LogP contribution in [0.4, 0.5) is 0 Å². The average molecular weight is 465 g/mol. The zero-order valence-electron chi connectivity index (χ0n) is 18.7. The average Bonchev–Trinajstić information content (AvgIpc) is 2.44. The number of hydrogen-bond acceptors (Lipinski definition) is 4. The van der Waals surface area contributed by atoms with Crippen molar-refractivity contribution in [1.82, 2.24) is 0 Å². The maximum Gasteiger partial charge on any atom is 1.00 e. The fraction of sp³-hybridized carbons (Fsp3) is 0. The van der Waals surface area contributed by atoms with E-state index in [9.17, 15) is 19.2 Å². The Morgan fingerprint density at radius 2 is 0.808 bits per heavy atom. The Morgan fingerprint density at radius 1 is 0.538 bits per heavy atom. The van der Waals surface area contributed by atoms with Crippen LogP contribution >= 0.6 is 0 Å². The molecule has 0 amide bonds. The van der Waals surface area contributed by atoms with Gasteiger partial charge in [-0.25, -0.2) is 19.2 Å². The molecule has 0 aliphatic heterocycles. The molecule has 0 atom stereocenters. The molecule has 8 nitrogen and oxygen atoms in total. The molecule has 2 aromatic carbocycles. The number of carboxylic acids is 4. The van der Waals surface area contributed by atoms with Gasteiger partial charge in [-0.1, -0.05) is 0 Å². The molecule has 0 aliphatic carbocycles. The van der Waals surface area contributed by atoms with Crippen molar-refractivity contribution in [3.63, 3.8) is 0 Å². The summed E-state index contributed by atoms with van der Waals surface area (Å²) in [6, 6.07) is 3.70.